The van der Waals surface area contributed by atoms with Gasteiger partial charge in [-0.1, -0.05) is 20.8 Å². The molecule has 14 atom stereocenters. The summed E-state index contributed by atoms with van der Waals surface area (Å²) >= 11 is 1.62. The number of aliphatic hydroxyl groups excluding tert-OH is 3. The van der Waals surface area contributed by atoms with Gasteiger partial charge in [0, 0.05) is 55.8 Å². The molecule has 0 aromatic carbocycles. The normalized spacial score (nSPS) is 40.1. The number of carbonyl (C=O) groups excluding carboxylic acids is 1. The Kier molecular flexibility index (Phi) is 18.0. The lowest BCUT2D eigenvalue weighted by molar-refractivity contribution is -0.299. The standard InChI is InChI=1S/C38H71N5O9S/c1-11-29-38(8,49)33(46)27(6)43(17-12-13-39-14-15-40-21-30-41-16-18-53-30)22-23(2)20-37(7,48)34(25(4)31(44)26(5)35(47)51-29)52-36-32(45)28(42(9)10)19-24(3)50-36/h16,18,23-29,31-34,36,39-40,44-46,48-49H,11-15,17,19-22H2,1-10H3/t23-,24-,25+,26-,27-,28+,29-,31+,32-,33-,34-,36+,37-,38-/m1/s1. The molecule has 0 unspecified atom stereocenters. The summed E-state index contributed by atoms with van der Waals surface area (Å²) in [7, 11) is 3.77. The van der Waals surface area contributed by atoms with Gasteiger partial charge in [0.25, 0.3) is 0 Å². The van der Waals surface area contributed by atoms with Gasteiger partial charge in [0.2, 0.25) is 0 Å². The van der Waals surface area contributed by atoms with Crippen LogP contribution in [-0.2, 0) is 25.5 Å². The molecule has 2 fully saturated rings. The van der Waals surface area contributed by atoms with Crippen molar-refractivity contribution < 1.29 is 44.5 Å². The summed E-state index contributed by atoms with van der Waals surface area (Å²) in [4.78, 5) is 21.9. The van der Waals surface area contributed by atoms with Gasteiger partial charge in [-0.3, -0.25) is 9.69 Å². The van der Waals surface area contributed by atoms with Crippen molar-refractivity contribution in [1.82, 2.24) is 25.4 Å². The summed E-state index contributed by atoms with van der Waals surface area (Å²) in [5, 5.41) is 68.6. The number of nitrogens with one attached hydrogen (secondary N) is 2. The Labute approximate surface area is 321 Å². The van der Waals surface area contributed by atoms with E-state index in [-0.39, 0.29) is 30.9 Å². The number of esters is 1. The van der Waals surface area contributed by atoms with Crippen LogP contribution in [0.3, 0.4) is 0 Å². The Balaban J connectivity index is 1.86. The molecule has 0 bridgehead atoms. The largest absolute Gasteiger partial charge is 0.459 e. The van der Waals surface area contributed by atoms with Crippen LogP contribution in [0.4, 0.5) is 0 Å². The Morgan fingerprint density at radius 3 is 2.36 bits per heavy atom. The van der Waals surface area contributed by atoms with E-state index in [0.29, 0.717) is 19.5 Å². The van der Waals surface area contributed by atoms with Crippen LogP contribution in [0, 0.1) is 17.8 Å². The minimum absolute atomic E-state index is 0.142. The predicted molar refractivity (Wildman–Crippen MR) is 205 cm³/mol. The van der Waals surface area contributed by atoms with Gasteiger partial charge in [0.1, 0.15) is 28.9 Å². The van der Waals surface area contributed by atoms with Crippen LogP contribution >= 0.6 is 11.3 Å². The van der Waals surface area contributed by atoms with Gasteiger partial charge in [0.15, 0.2) is 6.29 Å². The van der Waals surface area contributed by atoms with E-state index in [2.05, 4.69) is 20.5 Å². The first-order chi connectivity index (χ1) is 24.8. The second kappa shape index (κ2) is 20.7. The summed E-state index contributed by atoms with van der Waals surface area (Å²) in [5.41, 5.74) is -3.34. The van der Waals surface area contributed by atoms with Crippen LogP contribution in [0.2, 0.25) is 0 Å². The van der Waals surface area contributed by atoms with E-state index in [1.54, 1.807) is 45.2 Å². The second-order valence-electron chi connectivity index (χ2n) is 16.4. The Hall–Kier alpha value is -1.34. The lowest BCUT2D eigenvalue weighted by Gasteiger charge is -2.46. The maximum absolute atomic E-state index is 13.6. The van der Waals surface area contributed by atoms with Crippen molar-refractivity contribution in [3.63, 3.8) is 0 Å². The number of hydrogen-bond acceptors (Lipinski definition) is 15. The first-order valence-electron chi connectivity index (χ1n) is 19.5. The topological polar surface area (TPSA) is 189 Å². The van der Waals surface area contributed by atoms with E-state index in [1.165, 1.54) is 6.92 Å². The summed E-state index contributed by atoms with van der Waals surface area (Å²) in [6, 6.07) is -0.794. The molecule has 2 aliphatic heterocycles. The average Bonchev–Trinajstić information content (AvgIpc) is 3.62. The molecular weight excluding hydrogens is 703 g/mol. The van der Waals surface area contributed by atoms with Gasteiger partial charge in [-0.2, -0.15) is 0 Å². The number of ether oxygens (including phenoxy) is 3. The Morgan fingerprint density at radius 2 is 1.74 bits per heavy atom. The molecule has 3 heterocycles. The van der Waals surface area contributed by atoms with Gasteiger partial charge in [-0.25, -0.2) is 4.98 Å². The zero-order valence-corrected chi connectivity index (χ0v) is 34.6. The molecule has 308 valence electrons. The minimum Gasteiger partial charge on any atom is -0.459 e. The number of nitrogens with zero attached hydrogens (tertiary/aromatic N) is 3. The molecule has 1 aromatic heterocycles. The average molecular weight is 774 g/mol. The zero-order chi connectivity index (χ0) is 39.7. The highest BCUT2D eigenvalue weighted by molar-refractivity contribution is 7.09. The van der Waals surface area contributed by atoms with E-state index in [4.69, 9.17) is 14.2 Å². The van der Waals surface area contributed by atoms with Crippen LogP contribution < -0.4 is 10.6 Å². The molecule has 2 saturated heterocycles. The molecule has 15 heteroatoms. The van der Waals surface area contributed by atoms with Crippen molar-refractivity contribution in [2.24, 2.45) is 17.8 Å². The van der Waals surface area contributed by atoms with Crippen molar-refractivity contribution in [1.29, 1.82) is 0 Å². The fourth-order valence-corrected chi connectivity index (χ4v) is 8.73. The van der Waals surface area contributed by atoms with Crippen molar-refractivity contribution in [2.45, 2.75) is 154 Å². The zero-order valence-electron chi connectivity index (χ0n) is 33.8. The highest BCUT2D eigenvalue weighted by Crippen LogP contribution is 2.36. The number of aliphatic hydroxyl groups is 5. The van der Waals surface area contributed by atoms with Crippen molar-refractivity contribution >= 4 is 17.3 Å². The van der Waals surface area contributed by atoms with Crippen LogP contribution in [-0.4, -0.2) is 159 Å². The molecule has 0 saturated carbocycles. The van der Waals surface area contributed by atoms with E-state index in [9.17, 15) is 30.3 Å². The maximum Gasteiger partial charge on any atom is 0.311 e. The van der Waals surface area contributed by atoms with Gasteiger partial charge in [-0.15, -0.1) is 11.3 Å². The molecule has 0 aliphatic carbocycles. The smallest absolute Gasteiger partial charge is 0.311 e. The van der Waals surface area contributed by atoms with E-state index in [0.717, 1.165) is 37.6 Å². The number of aromatic nitrogens is 1. The third-order valence-electron chi connectivity index (χ3n) is 11.3. The van der Waals surface area contributed by atoms with Crippen LogP contribution in [0.5, 0.6) is 0 Å². The molecule has 3 rings (SSSR count). The summed E-state index contributed by atoms with van der Waals surface area (Å²) in [5.74, 6) is -2.75. The lowest BCUT2D eigenvalue weighted by atomic mass is 9.78. The second-order valence-corrected chi connectivity index (χ2v) is 17.4. The van der Waals surface area contributed by atoms with Crippen LogP contribution in [0.25, 0.3) is 0 Å². The van der Waals surface area contributed by atoms with Crippen LogP contribution in [0.1, 0.15) is 86.1 Å². The third-order valence-corrected chi connectivity index (χ3v) is 12.1. The highest BCUT2D eigenvalue weighted by Gasteiger charge is 2.50. The molecule has 0 spiro atoms. The van der Waals surface area contributed by atoms with Gasteiger partial charge in [0.05, 0.1) is 29.8 Å². The Morgan fingerprint density at radius 1 is 1.06 bits per heavy atom. The van der Waals surface area contributed by atoms with E-state index >= 15 is 0 Å². The molecule has 7 N–H and O–H groups in total. The highest BCUT2D eigenvalue weighted by atomic mass is 32.1. The van der Waals surface area contributed by atoms with Crippen molar-refractivity contribution in [3.05, 3.63) is 16.6 Å². The van der Waals surface area contributed by atoms with Crippen LogP contribution in [0.15, 0.2) is 11.6 Å². The van der Waals surface area contributed by atoms with E-state index < -0.39 is 71.9 Å². The third kappa shape index (κ3) is 12.6. The SMILES string of the molecule is CC[C@H]1OC(=O)[C@H](C)[C@@H](O)[C@H](C)[C@@H](O[C@@H]2O[C@H](C)C[C@H](N(C)C)[C@H]2O)[C@](C)(O)C[C@@H](C)CN(CCCNCCNCc2nccs2)[C@H](C)[C@@H](O)[C@]1(C)O. The minimum atomic E-state index is -1.80. The Bertz CT molecular complexity index is 1210. The lowest BCUT2D eigenvalue weighted by Crippen LogP contribution is -2.59. The predicted octanol–water partition coefficient (Wildman–Crippen LogP) is 1.57. The number of thiazole rings is 1. The molecule has 53 heavy (non-hydrogen) atoms. The van der Waals surface area contributed by atoms with Gasteiger partial charge in [-0.05, 0) is 93.4 Å². The number of hydrogen-bond donors (Lipinski definition) is 7. The summed E-state index contributed by atoms with van der Waals surface area (Å²) in [6.07, 6.45) is -3.42. The first-order valence-corrected chi connectivity index (χ1v) is 20.4. The molecule has 2 aliphatic rings. The number of likely N-dealkylation sites (N-methyl/N-ethyl adjacent to an activating group) is 1. The molecule has 0 radical (unpaired) electrons. The fourth-order valence-electron chi connectivity index (χ4n) is 8.14. The van der Waals surface area contributed by atoms with Crippen molar-refractivity contribution in [3.8, 4) is 0 Å². The fraction of sp³-hybridized carbons (Fsp3) is 0.895. The first kappa shape index (κ1) is 46.0. The molecule has 14 nitrogen and oxygen atoms in total. The quantitative estimate of drug-likeness (QED) is 0.113. The van der Waals surface area contributed by atoms with Gasteiger partial charge >= 0.3 is 5.97 Å². The number of cyclic esters (lactones) is 1. The maximum atomic E-state index is 13.6. The number of carbonyl (C=O) groups is 1. The van der Waals surface area contributed by atoms with Gasteiger partial charge < -0.3 is 55.3 Å². The molecule has 1 aromatic rings. The molecular formula is C38H71N5O9S. The number of rotatable bonds is 13. The summed E-state index contributed by atoms with van der Waals surface area (Å²) in [6.45, 7) is 18.1. The molecule has 0 amide bonds. The monoisotopic (exact) mass is 773 g/mol. The summed E-state index contributed by atoms with van der Waals surface area (Å²) < 4.78 is 18.5. The van der Waals surface area contributed by atoms with Crippen molar-refractivity contribution in [2.75, 3.05) is 46.8 Å². The van der Waals surface area contributed by atoms with E-state index in [1.807, 2.05) is 45.1 Å².